The third-order valence-corrected chi connectivity index (χ3v) is 3.09. The van der Waals surface area contributed by atoms with E-state index in [1.165, 1.54) is 0 Å². The van der Waals surface area contributed by atoms with Crippen molar-refractivity contribution in [2.75, 3.05) is 0 Å². The van der Waals surface area contributed by atoms with Gasteiger partial charge in [0.1, 0.15) is 5.71 Å². The fourth-order valence-corrected chi connectivity index (χ4v) is 2.44. The van der Waals surface area contributed by atoms with Gasteiger partial charge in [-0.3, -0.25) is 4.99 Å². The van der Waals surface area contributed by atoms with Crippen LogP contribution in [0.25, 0.3) is 0 Å². The molecule has 2 atom stereocenters. The first-order chi connectivity index (χ1) is 7.59. The summed E-state index contributed by atoms with van der Waals surface area (Å²) in [6.45, 7) is 0. The number of carboxylic acids is 2. The van der Waals surface area contributed by atoms with Crippen molar-refractivity contribution in [2.45, 2.75) is 31.7 Å². The summed E-state index contributed by atoms with van der Waals surface area (Å²) in [4.78, 5) is 25.5. The quantitative estimate of drug-likeness (QED) is 0.713. The monoisotopic (exact) mass is 222 g/mol. The lowest BCUT2D eigenvalue weighted by atomic mass is 9.82. The fraction of sp³-hybridized carbons (Fsp3) is 0.545. The molecular weight excluding hydrogens is 210 g/mol. The van der Waals surface area contributed by atoms with Gasteiger partial charge in [-0.1, -0.05) is 6.08 Å². The Morgan fingerprint density at radius 3 is 2.94 bits per heavy atom. The van der Waals surface area contributed by atoms with Crippen LogP contribution in [-0.4, -0.2) is 28.8 Å². The van der Waals surface area contributed by atoms with Gasteiger partial charge in [-0.05, 0) is 24.8 Å². The van der Waals surface area contributed by atoms with E-state index in [-0.39, 0.29) is 18.1 Å². The van der Waals surface area contributed by atoms with Crippen LogP contribution in [0.2, 0.25) is 0 Å². The SMILES string of the molecule is O=C([O-])C[C@@H]1N=C(C(=O)O)C2=CCCC[C@@H]21. The van der Waals surface area contributed by atoms with Crippen LogP contribution in [0, 0.1) is 5.92 Å². The smallest absolute Gasteiger partial charge is 0.354 e. The Labute approximate surface area is 92.5 Å². The molecular formula is C11H12NO4-. The Kier molecular flexibility index (Phi) is 2.77. The molecule has 1 heterocycles. The van der Waals surface area contributed by atoms with E-state index in [1.54, 1.807) is 0 Å². The van der Waals surface area contributed by atoms with E-state index in [0.29, 0.717) is 5.57 Å². The van der Waals surface area contributed by atoms with E-state index in [1.807, 2.05) is 6.08 Å². The first-order valence-electron chi connectivity index (χ1n) is 5.31. The van der Waals surface area contributed by atoms with E-state index in [9.17, 15) is 14.7 Å². The van der Waals surface area contributed by atoms with Gasteiger partial charge in [0.05, 0.1) is 6.04 Å². The Morgan fingerprint density at radius 1 is 1.56 bits per heavy atom. The number of rotatable bonds is 3. The van der Waals surface area contributed by atoms with Crippen LogP contribution in [0.5, 0.6) is 0 Å². The Hall–Kier alpha value is -1.65. The van der Waals surface area contributed by atoms with E-state index >= 15 is 0 Å². The maximum absolute atomic E-state index is 11.0. The number of carbonyl (C=O) groups is 2. The minimum absolute atomic E-state index is 0.0379. The molecule has 16 heavy (non-hydrogen) atoms. The number of allylic oxidation sites excluding steroid dienone is 1. The van der Waals surface area contributed by atoms with Crippen LogP contribution in [0.1, 0.15) is 25.7 Å². The molecule has 0 amide bonds. The number of carboxylic acid groups (broad SMARTS) is 2. The molecule has 2 aliphatic rings. The molecule has 5 nitrogen and oxygen atoms in total. The van der Waals surface area contributed by atoms with Crippen molar-refractivity contribution in [2.24, 2.45) is 10.9 Å². The zero-order chi connectivity index (χ0) is 11.7. The molecule has 1 aliphatic carbocycles. The number of aliphatic imine (C=N–C) groups is 1. The van der Waals surface area contributed by atoms with E-state index in [2.05, 4.69) is 4.99 Å². The van der Waals surface area contributed by atoms with Gasteiger partial charge in [-0.15, -0.1) is 0 Å². The van der Waals surface area contributed by atoms with Gasteiger partial charge in [0, 0.05) is 18.3 Å². The molecule has 0 bridgehead atoms. The van der Waals surface area contributed by atoms with Gasteiger partial charge < -0.3 is 15.0 Å². The predicted molar refractivity (Wildman–Crippen MR) is 53.9 cm³/mol. The zero-order valence-electron chi connectivity index (χ0n) is 8.68. The van der Waals surface area contributed by atoms with E-state index in [4.69, 9.17) is 5.11 Å². The highest BCUT2D eigenvalue weighted by molar-refractivity contribution is 6.43. The van der Waals surface area contributed by atoms with Crippen LogP contribution in [0.15, 0.2) is 16.6 Å². The number of aliphatic carboxylic acids is 2. The number of nitrogens with zero attached hydrogens (tertiary/aromatic N) is 1. The zero-order valence-corrected chi connectivity index (χ0v) is 8.68. The molecule has 1 N–H and O–H groups in total. The van der Waals surface area contributed by atoms with Crippen molar-refractivity contribution in [1.29, 1.82) is 0 Å². The lowest BCUT2D eigenvalue weighted by molar-refractivity contribution is -0.306. The average molecular weight is 222 g/mol. The maximum Gasteiger partial charge on any atom is 0.354 e. The number of fused-ring (bicyclic) bond motifs is 1. The van der Waals surface area contributed by atoms with Crippen molar-refractivity contribution in [3.05, 3.63) is 11.6 Å². The molecule has 0 unspecified atom stereocenters. The van der Waals surface area contributed by atoms with Crippen molar-refractivity contribution < 1.29 is 19.8 Å². The topological polar surface area (TPSA) is 89.8 Å². The molecule has 86 valence electrons. The highest BCUT2D eigenvalue weighted by Crippen LogP contribution is 2.36. The maximum atomic E-state index is 11.0. The number of hydrogen-bond acceptors (Lipinski definition) is 4. The number of carbonyl (C=O) groups excluding carboxylic acids is 1. The second-order valence-electron chi connectivity index (χ2n) is 4.12. The van der Waals surface area contributed by atoms with Gasteiger partial charge in [0.25, 0.3) is 0 Å². The number of hydrogen-bond donors (Lipinski definition) is 1. The van der Waals surface area contributed by atoms with Crippen molar-refractivity contribution in [3.8, 4) is 0 Å². The normalized spacial score (nSPS) is 28.0. The molecule has 5 heteroatoms. The lowest BCUT2D eigenvalue weighted by Crippen LogP contribution is -2.30. The summed E-state index contributed by atoms with van der Waals surface area (Å²) in [5.74, 6) is -2.29. The average Bonchev–Trinajstić information content (AvgIpc) is 2.57. The third-order valence-electron chi connectivity index (χ3n) is 3.09. The molecule has 0 aromatic heterocycles. The summed E-state index contributed by atoms with van der Waals surface area (Å²) in [7, 11) is 0. The lowest BCUT2D eigenvalue weighted by Gasteiger charge is -2.22. The standard InChI is InChI=1S/C11H13NO4/c13-9(14)5-8-6-3-1-2-4-7(6)10(12-8)11(15)16/h4,6,8H,1-3,5H2,(H,13,14)(H,15,16)/p-1/t6-,8-/m0/s1. The van der Waals surface area contributed by atoms with Gasteiger partial charge in [-0.25, -0.2) is 4.79 Å². The van der Waals surface area contributed by atoms with E-state index in [0.717, 1.165) is 19.3 Å². The molecule has 1 aliphatic heterocycles. The molecule has 0 aromatic rings. The van der Waals surface area contributed by atoms with Gasteiger partial charge in [-0.2, -0.15) is 0 Å². The molecule has 0 spiro atoms. The summed E-state index contributed by atoms with van der Waals surface area (Å²) in [5.41, 5.74) is 0.751. The molecule has 0 saturated carbocycles. The van der Waals surface area contributed by atoms with Crippen LogP contribution >= 0.6 is 0 Å². The second-order valence-corrected chi connectivity index (χ2v) is 4.12. The molecule has 0 saturated heterocycles. The van der Waals surface area contributed by atoms with Crippen molar-refractivity contribution in [3.63, 3.8) is 0 Å². The van der Waals surface area contributed by atoms with Gasteiger partial charge in [0.15, 0.2) is 0 Å². The van der Waals surface area contributed by atoms with Crippen LogP contribution in [0.4, 0.5) is 0 Å². The van der Waals surface area contributed by atoms with Crippen molar-refractivity contribution >= 4 is 17.7 Å². The Balaban J connectivity index is 2.28. The fourth-order valence-electron chi connectivity index (χ4n) is 2.44. The molecule has 0 aromatic carbocycles. The molecule has 2 rings (SSSR count). The Bertz CT molecular complexity index is 397. The summed E-state index contributed by atoms with van der Waals surface area (Å²) < 4.78 is 0. The summed E-state index contributed by atoms with van der Waals surface area (Å²) in [6.07, 6.45) is 4.29. The van der Waals surface area contributed by atoms with Gasteiger partial charge in [0.2, 0.25) is 0 Å². The van der Waals surface area contributed by atoms with Gasteiger partial charge >= 0.3 is 5.97 Å². The summed E-state index contributed by atoms with van der Waals surface area (Å²) in [5, 5.41) is 19.5. The Morgan fingerprint density at radius 2 is 2.31 bits per heavy atom. The third kappa shape index (κ3) is 1.85. The highest BCUT2D eigenvalue weighted by atomic mass is 16.4. The van der Waals surface area contributed by atoms with Crippen LogP contribution in [-0.2, 0) is 9.59 Å². The van der Waals surface area contributed by atoms with Crippen molar-refractivity contribution in [1.82, 2.24) is 0 Å². The first-order valence-corrected chi connectivity index (χ1v) is 5.31. The summed E-state index contributed by atoms with van der Waals surface area (Å²) >= 11 is 0. The second kappa shape index (κ2) is 4.08. The molecule has 0 fully saturated rings. The van der Waals surface area contributed by atoms with Crippen LogP contribution in [0.3, 0.4) is 0 Å². The largest absolute Gasteiger partial charge is 0.550 e. The first kappa shape index (κ1) is 10.9. The highest BCUT2D eigenvalue weighted by Gasteiger charge is 2.37. The summed E-state index contributed by atoms with van der Waals surface area (Å²) in [6, 6.07) is -0.456. The van der Waals surface area contributed by atoms with Crippen LogP contribution < -0.4 is 5.11 Å². The van der Waals surface area contributed by atoms with E-state index < -0.39 is 18.0 Å². The minimum Gasteiger partial charge on any atom is -0.550 e. The molecule has 0 radical (unpaired) electrons. The minimum atomic E-state index is -1.18. The predicted octanol–water partition coefficient (Wildman–Crippen LogP) is -0.239.